The SMILES string of the molecule is c1ccc(-c2ccc(-c3[nH]ncc3CN3CCC[C@H]3c3ccccn3)cc2)cc1. The molecule has 4 aromatic rings. The van der Waals surface area contributed by atoms with E-state index in [-0.39, 0.29) is 0 Å². The maximum absolute atomic E-state index is 4.59. The minimum Gasteiger partial charge on any atom is -0.290 e. The second-order valence-corrected chi connectivity index (χ2v) is 7.60. The van der Waals surface area contributed by atoms with Crippen molar-refractivity contribution in [3.8, 4) is 22.4 Å². The van der Waals surface area contributed by atoms with E-state index < -0.39 is 0 Å². The lowest BCUT2D eigenvalue weighted by Gasteiger charge is -2.24. The Morgan fingerprint density at radius 1 is 0.862 bits per heavy atom. The fraction of sp³-hybridized carbons (Fsp3) is 0.200. The number of aromatic amines is 1. The van der Waals surface area contributed by atoms with Crippen molar-refractivity contribution in [2.45, 2.75) is 25.4 Å². The third-order valence-electron chi connectivity index (χ3n) is 5.76. The van der Waals surface area contributed by atoms with Crippen molar-refractivity contribution >= 4 is 0 Å². The van der Waals surface area contributed by atoms with Gasteiger partial charge in [-0.2, -0.15) is 5.10 Å². The Labute approximate surface area is 171 Å². The molecular weight excluding hydrogens is 356 g/mol. The number of benzene rings is 2. The topological polar surface area (TPSA) is 44.8 Å². The second kappa shape index (κ2) is 8.02. The summed E-state index contributed by atoms with van der Waals surface area (Å²) in [5.74, 6) is 0. The van der Waals surface area contributed by atoms with E-state index in [9.17, 15) is 0 Å². The number of pyridine rings is 1. The molecule has 0 saturated carbocycles. The number of hydrogen-bond donors (Lipinski definition) is 1. The number of aromatic nitrogens is 3. The lowest BCUT2D eigenvalue weighted by Crippen LogP contribution is -2.23. The van der Waals surface area contributed by atoms with Crippen LogP contribution in [-0.2, 0) is 6.54 Å². The number of nitrogens with one attached hydrogen (secondary N) is 1. The molecule has 1 saturated heterocycles. The Morgan fingerprint density at radius 3 is 2.41 bits per heavy atom. The molecule has 1 aliphatic heterocycles. The average molecular weight is 380 g/mol. The summed E-state index contributed by atoms with van der Waals surface area (Å²) < 4.78 is 0. The monoisotopic (exact) mass is 380 g/mol. The highest BCUT2D eigenvalue weighted by Crippen LogP contribution is 2.34. The highest BCUT2D eigenvalue weighted by molar-refractivity contribution is 5.70. The molecule has 2 aromatic carbocycles. The van der Waals surface area contributed by atoms with Crippen molar-refractivity contribution in [1.29, 1.82) is 0 Å². The van der Waals surface area contributed by atoms with E-state index >= 15 is 0 Å². The minimum absolute atomic E-state index is 0.388. The summed E-state index contributed by atoms with van der Waals surface area (Å²) in [5.41, 5.74) is 7.15. The van der Waals surface area contributed by atoms with Gasteiger partial charge in [0.15, 0.2) is 0 Å². The quantitative estimate of drug-likeness (QED) is 0.499. The second-order valence-electron chi connectivity index (χ2n) is 7.60. The van der Waals surface area contributed by atoms with Crippen molar-refractivity contribution in [3.63, 3.8) is 0 Å². The first-order chi connectivity index (χ1) is 14.4. The third-order valence-corrected chi connectivity index (χ3v) is 5.76. The Hall–Kier alpha value is -3.24. The van der Waals surface area contributed by atoms with E-state index in [2.05, 4.69) is 80.7 Å². The summed E-state index contributed by atoms with van der Waals surface area (Å²) in [7, 11) is 0. The largest absolute Gasteiger partial charge is 0.290 e. The van der Waals surface area contributed by atoms with E-state index in [4.69, 9.17) is 0 Å². The highest BCUT2D eigenvalue weighted by atomic mass is 15.2. The predicted molar refractivity (Wildman–Crippen MR) is 116 cm³/mol. The molecular formula is C25H24N4. The molecule has 0 amide bonds. The van der Waals surface area contributed by atoms with E-state index in [0.29, 0.717) is 6.04 Å². The molecule has 2 aromatic heterocycles. The van der Waals surface area contributed by atoms with Gasteiger partial charge in [-0.05, 0) is 48.2 Å². The zero-order valence-corrected chi connectivity index (χ0v) is 16.3. The van der Waals surface area contributed by atoms with Crippen LogP contribution in [0.3, 0.4) is 0 Å². The maximum Gasteiger partial charge on any atom is 0.0695 e. The molecule has 3 heterocycles. The van der Waals surface area contributed by atoms with Crippen molar-refractivity contribution in [2.75, 3.05) is 6.54 Å². The predicted octanol–water partition coefficient (Wildman–Crippen LogP) is 5.48. The van der Waals surface area contributed by atoms with Crippen molar-refractivity contribution in [1.82, 2.24) is 20.1 Å². The number of rotatable bonds is 5. The van der Waals surface area contributed by atoms with Crippen LogP contribution in [-0.4, -0.2) is 26.6 Å². The fourth-order valence-electron chi connectivity index (χ4n) is 4.28. The van der Waals surface area contributed by atoms with Crippen molar-refractivity contribution in [2.24, 2.45) is 0 Å². The van der Waals surface area contributed by atoms with Gasteiger partial charge in [0.25, 0.3) is 0 Å². The smallest absolute Gasteiger partial charge is 0.0695 e. The van der Waals surface area contributed by atoms with Crippen LogP contribution in [0.5, 0.6) is 0 Å². The maximum atomic E-state index is 4.59. The molecule has 1 aliphatic rings. The molecule has 144 valence electrons. The summed E-state index contributed by atoms with van der Waals surface area (Å²) in [5, 5.41) is 7.57. The van der Waals surface area contributed by atoms with E-state index in [1.807, 2.05) is 24.5 Å². The lowest BCUT2D eigenvalue weighted by atomic mass is 10.0. The van der Waals surface area contributed by atoms with Crippen LogP contribution >= 0.6 is 0 Å². The zero-order valence-electron chi connectivity index (χ0n) is 16.3. The van der Waals surface area contributed by atoms with Crippen LogP contribution in [0.2, 0.25) is 0 Å². The summed E-state index contributed by atoms with van der Waals surface area (Å²) in [6.07, 6.45) is 6.23. The van der Waals surface area contributed by atoms with Crippen molar-refractivity contribution in [3.05, 3.63) is 96.4 Å². The van der Waals surface area contributed by atoms with Gasteiger partial charge in [0.2, 0.25) is 0 Å². The molecule has 5 rings (SSSR count). The van der Waals surface area contributed by atoms with Crippen LogP contribution in [0.4, 0.5) is 0 Å². The summed E-state index contributed by atoms with van der Waals surface area (Å²) in [6, 6.07) is 25.8. The average Bonchev–Trinajstić information content (AvgIpc) is 3.45. The van der Waals surface area contributed by atoms with Crippen LogP contribution in [0, 0.1) is 0 Å². The summed E-state index contributed by atoms with van der Waals surface area (Å²) in [4.78, 5) is 7.12. The third kappa shape index (κ3) is 3.71. The molecule has 0 spiro atoms. The lowest BCUT2D eigenvalue weighted by molar-refractivity contribution is 0.245. The van der Waals surface area contributed by atoms with Gasteiger partial charge in [-0.25, -0.2) is 0 Å². The zero-order chi connectivity index (χ0) is 19.5. The molecule has 29 heavy (non-hydrogen) atoms. The van der Waals surface area contributed by atoms with Crippen LogP contribution in [0.15, 0.2) is 85.2 Å². The van der Waals surface area contributed by atoms with Gasteiger partial charge >= 0.3 is 0 Å². The Kier molecular flexibility index (Phi) is 4.93. The van der Waals surface area contributed by atoms with Crippen LogP contribution < -0.4 is 0 Å². The van der Waals surface area contributed by atoms with Gasteiger partial charge in [0.05, 0.1) is 23.6 Å². The standard InChI is InChI=1S/C25H24N4/c1-2-7-19(8-3-1)20-11-13-21(14-12-20)25-22(17-27-28-25)18-29-16-6-10-24(29)23-9-4-5-15-26-23/h1-5,7-9,11-15,17,24H,6,10,16,18H2,(H,27,28)/t24-/m0/s1. The van der Waals surface area contributed by atoms with Crippen LogP contribution in [0.25, 0.3) is 22.4 Å². The van der Waals surface area contributed by atoms with Gasteiger partial charge < -0.3 is 0 Å². The van der Waals surface area contributed by atoms with Crippen LogP contribution in [0.1, 0.15) is 30.1 Å². The normalized spacial score (nSPS) is 16.9. The van der Waals surface area contributed by atoms with E-state index in [1.165, 1.54) is 34.4 Å². The number of hydrogen-bond acceptors (Lipinski definition) is 3. The van der Waals surface area contributed by atoms with E-state index in [0.717, 1.165) is 25.2 Å². The summed E-state index contributed by atoms with van der Waals surface area (Å²) >= 11 is 0. The first-order valence-corrected chi connectivity index (χ1v) is 10.2. The fourth-order valence-corrected chi connectivity index (χ4v) is 4.28. The van der Waals surface area contributed by atoms with Gasteiger partial charge in [-0.3, -0.25) is 15.0 Å². The highest BCUT2D eigenvalue weighted by Gasteiger charge is 2.27. The molecule has 1 fully saturated rings. The summed E-state index contributed by atoms with van der Waals surface area (Å²) in [6.45, 7) is 1.98. The molecule has 0 unspecified atom stereocenters. The molecule has 0 aliphatic carbocycles. The van der Waals surface area contributed by atoms with Gasteiger partial charge in [0.1, 0.15) is 0 Å². The Morgan fingerprint density at radius 2 is 1.62 bits per heavy atom. The molecule has 1 N–H and O–H groups in total. The number of H-pyrrole nitrogens is 1. The molecule has 1 atom stereocenters. The Balaban J connectivity index is 1.37. The minimum atomic E-state index is 0.388. The number of likely N-dealkylation sites (tertiary alicyclic amines) is 1. The Bertz CT molecular complexity index is 1050. The first-order valence-electron chi connectivity index (χ1n) is 10.2. The van der Waals surface area contributed by atoms with E-state index in [1.54, 1.807) is 0 Å². The van der Waals surface area contributed by atoms with Gasteiger partial charge in [-0.15, -0.1) is 0 Å². The van der Waals surface area contributed by atoms with Crippen molar-refractivity contribution < 1.29 is 0 Å². The molecule has 4 nitrogen and oxygen atoms in total. The number of nitrogens with zero attached hydrogens (tertiary/aromatic N) is 3. The molecule has 0 bridgehead atoms. The molecule has 0 radical (unpaired) electrons. The molecule has 4 heteroatoms. The first kappa shape index (κ1) is 17.8. The van der Waals surface area contributed by atoms with Gasteiger partial charge in [0, 0.05) is 18.3 Å². The van der Waals surface area contributed by atoms with Gasteiger partial charge in [-0.1, -0.05) is 60.7 Å².